The van der Waals surface area contributed by atoms with Gasteiger partial charge in [-0.1, -0.05) is 87.4 Å². The lowest BCUT2D eigenvalue weighted by Crippen LogP contribution is -2.19. The van der Waals surface area contributed by atoms with Crippen molar-refractivity contribution in [2.75, 3.05) is 0 Å². The van der Waals surface area contributed by atoms with Crippen LogP contribution >= 0.6 is 0 Å². The van der Waals surface area contributed by atoms with Crippen molar-refractivity contribution in [2.24, 2.45) is 0 Å². The van der Waals surface area contributed by atoms with Crippen molar-refractivity contribution in [2.45, 2.75) is 47.0 Å². The van der Waals surface area contributed by atoms with Gasteiger partial charge in [-0.05, 0) is 25.0 Å². The minimum atomic E-state index is 0.0675. The van der Waals surface area contributed by atoms with Crippen LogP contribution < -0.4 is 0 Å². The fourth-order valence-electron chi connectivity index (χ4n) is 2.23. The van der Waals surface area contributed by atoms with E-state index >= 15 is 0 Å². The maximum atomic E-state index is 2.29. The summed E-state index contributed by atoms with van der Waals surface area (Å²) in [6, 6.07) is 17.6. The lowest BCUT2D eigenvalue weighted by molar-refractivity contribution is 0.639. The normalized spacial score (nSPS) is 10.6. The van der Waals surface area contributed by atoms with Gasteiger partial charge in [0.15, 0.2) is 0 Å². The Morgan fingerprint density at radius 2 is 1.05 bits per heavy atom. The van der Waals surface area contributed by atoms with Crippen LogP contribution in [0.5, 0.6) is 0 Å². The second-order valence-electron chi connectivity index (χ2n) is 5.36. The van der Waals surface area contributed by atoms with E-state index in [1.54, 1.807) is 0 Å². The number of hydrogen-bond donors (Lipinski definition) is 0. The molecule has 0 atom stereocenters. The molecule has 0 heterocycles. The Morgan fingerprint density at radius 1 is 0.684 bits per heavy atom. The summed E-state index contributed by atoms with van der Waals surface area (Å²) < 4.78 is 0. The van der Waals surface area contributed by atoms with Crippen LogP contribution in [-0.2, 0) is 5.41 Å². The van der Waals surface area contributed by atoms with E-state index in [0.717, 1.165) is 0 Å². The van der Waals surface area contributed by atoms with E-state index in [0.29, 0.717) is 0 Å². The van der Waals surface area contributed by atoms with Gasteiger partial charge in [-0.25, -0.2) is 0 Å². The van der Waals surface area contributed by atoms with E-state index in [1.165, 1.54) is 22.3 Å². The third-order valence-corrected chi connectivity index (χ3v) is 3.48. The summed E-state index contributed by atoms with van der Waals surface area (Å²) in [5, 5.41) is 0. The maximum absolute atomic E-state index is 2.29. The van der Waals surface area contributed by atoms with Gasteiger partial charge in [0.2, 0.25) is 0 Å². The molecule has 0 nitrogen and oxygen atoms in total. The molecule has 0 radical (unpaired) electrons. The summed E-state index contributed by atoms with van der Waals surface area (Å²) in [4.78, 5) is 0. The zero-order valence-corrected chi connectivity index (χ0v) is 13.1. The summed E-state index contributed by atoms with van der Waals surface area (Å²) in [7, 11) is 0. The van der Waals surface area contributed by atoms with Crippen LogP contribution in [0.3, 0.4) is 0 Å². The van der Waals surface area contributed by atoms with Crippen molar-refractivity contribution in [3.63, 3.8) is 0 Å². The lowest BCUT2D eigenvalue weighted by Gasteiger charge is -2.26. The summed E-state index contributed by atoms with van der Waals surface area (Å²) in [6.07, 6.45) is 0. The molecule has 0 spiro atoms. The molecule has 2 rings (SSSR count). The predicted molar refractivity (Wildman–Crippen MR) is 85.8 cm³/mol. The molecule has 0 unspecified atom stereocenters. The van der Waals surface area contributed by atoms with E-state index in [4.69, 9.17) is 0 Å². The molecule has 19 heavy (non-hydrogen) atoms. The summed E-state index contributed by atoms with van der Waals surface area (Å²) in [5.41, 5.74) is 5.47. The zero-order valence-electron chi connectivity index (χ0n) is 13.1. The zero-order chi connectivity index (χ0) is 14.5. The Labute approximate surface area is 118 Å². The molecule has 0 aliphatic carbocycles. The van der Waals surface area contributed by atoms with Crippen LogP contribution in [-0.4, -0.2) is 0 Å². The first-order chi connectivity index (χ1) is 9.00. The molecule has 2 aromatic carbocycles. The third-order valence-electron chi connectivity index (χ3n) is 3.48. The van der Waals surface area contributed by atoms with Crippen LogP contribution in [0.25, 0.3) is 0 Å². The Morgan fingerprint density at radius 3 is 1.37 bits per heavy atom. The van der Waals surface area contributed by atoms with Gasteiger partial charge < -0.3 is 0 Å². The molecule has 0 saturated heterocycles. The first-order valence-electron chi connectivity index (χ1n) is 7.14. The maximum Gasteiger partial charge on any atom is 0.0146 e. The highest BCUT2D eigenvalue weighted by Crippen LogP contribution is 2.32. The van der Waals surface area contributed by atoms with E-state index in [-0.39, 0.29) is 5.41 Å². The Hall–Kier alpha value is -1.56. The number of hydrogen-bond acceptors (Lipinski definition) is 0. The molecule has 0 fully saturated rings. The van der Waals surface area contributed by atoms with Crippen molar-refractivity contribution in [1.82, 2.24) is 0 Å². The van der Waals surface area contributed by atoms with Crippen molar-refractivity contribution in [1.29, 1.82) is 0 Å². The van der Waals surface area contributed by atoms with Gasteiger partial charge in [-0.15, -0.1) is 0 Å². The quantitative estimate of drug-likeness (QED) is 0.649. The van der Waals surface area contributed by atoms with Crippen LogP contribution in [0.15, 0.2) is 48.5 Å². The molecule has 2 aromatic rings. The van der Waals surface area contributed by atoms with E-state index in [9.17, 15) is 0 Å². The molecule has 0 aliphatic rings. The average molecular weight is 254 g/mol. The molecule has 0 aromatic heterocycles. The summed E-state index contributed by atoms with van der Waals surface area (Å²) in [6.45, 7) is 12.9. The minimum Gasteiger partial charge on any atom is -0.0683 e. The van der Waals surface area contributed by atoms with Crippen LogP contribution in [0.1, 0.15) is 49.9 Å². The molecule has 0 saturated carbocycles. The fraction of sp³-hybridized carbons (Fsp3) is 0.368. The SMILES string of the molecule is CC.Cc1cccc(C(C)(C)c2cccc(C)c2)c1. The Kier molecular flexibility index (Phi) is 5.35. The molecule has 0 aliphatic heterocycles. The van der Waals surface area contributed by atoms with Gasteiger partial charge in [0.05, 0.1) is 0 Å². The van der Waals surface area contributed by atoms with Crippen molar-refractivity contribution in [3.8, 4) is 0 Å². The Bertz CT molecular complexity index is 474. The third kappa shape index (κ3) is 3.70. The van der Waals surface area contributed by atoms with Gasteiger partial charge in [0.1, 0.15) is 0 Å². The van der Waals surface area contributed by atoms with Gasteiger partial charge >= 0.3 is 0 Å². The minimum absolute atomic E-state index is 0.0675. The molecular formula is C19H26. The first kappa shape index (κ1) is 15.5. The van der Waals surface area contributed by atoms with E-state index < -0.39 is 0 Å². The van der Waals surface area contributed by atoms with Crippen LogP contribution in [0.2, 0.25) is 0 Å². The highest BCUT2D eigenvalue weighted by atomic mass is 14.3. The average Bonchev–Trinajstić information content (AvgIpc) is 2.41. The van der Waals surface area contributed by atoms with E-state index in [2.05, 4.69) is 76.2 Å². The number of benzene rings is 2. The molecule has 0 amide bonds. The highest BCUT2D eigenvalue weighted by Gasteiger charge is 2.22. The second kappa shape index (κ2) is 6.56. The van der Waals surface area contributed by atoms with Crippen molar-refractivity contribution < 1.29 is 0 Å². The summed E-state index contributed by atoms with van der Waals surface area (Å²) >= 11 is 0. The Balaban J connectivity index is 0.000000861. The molecule has 0 N–H and O–H groups in total. The molecular weight excluding hydrogens is 228 g/mol. The number of rotatable bonds is 2. The standard InChI is InChI=1S/C17H20.C2H6/c1-13-7-5-9-15(11-13)17(3,4)16-10-6-8-14(2)12-16;1-2/h5-12H,1-4H3;1-2H3. The fourth-order valence-corrected chi connectivity index (χ4v) is 2.23. The summed E-state index contributed by atoms with van der Waals surface area (Å²) in [5.74, 6) is 0. The van der Waals surface area contributed by atoms with Gasteiger partial charge in [-0.3, -0.25) is 0 Å². The van der Waals surface area contributed by atoms with Crippen LogP contribution in [0, 0.1) is 13.8 Å². The first-order valence-corrected chi connectivity index (χ1v) is 7.14. The lowest BCUT2D eigenvalue weighted by atomic mass is 9.77. The molecule has 0 bridgehead atoms. The van der Waals surface area contributed by atoms with Gasteiger partial charge in [0.25, 0.3) is 0 Å². The van der Waals surface area contributed by atoms with E-state index in [1.807, 2.05) is 13.8 Å². The van der Waals surface area contributed by atoms with Crippen molar-refractivity contribution >= 4 is 0 Å². The topological polar surface area (TPSA) is 0 Å². The second-order valence-corrected chi connectivity index (χ2v) is 5.36. The number of aryl methyl sites for hydroxylation is 2. The molecule has 0 heteroatoms. The highest BCUT2D eigenvalue weighted by molar-refractivity contribution is 5.40. The smallest absolute Gasteiger partial charge is 0.0146 e. The van der Waals surface area contributed by atoms with Crippen molar-refractivity contribution in [3.05, 3.63) is 70.8 Å². The van der Waals surface area contributed by atoms with Gasteiger partial charge in [0, 0.05) is 5.41 Å². The predicted octanol–water partition coefficient (Wildman–Crippen LogP) is 5.66. The van der Waals surface area contributed by atoms with Crippen LogP contribution in [0.4, 0.5) is 0 Å². The van der Waals surface area contributed by atoms with Gasteiger partial charge in [-0.2, -0.15) is 0 Å². The molecule has 102 valence electrons. The largest absolute Gasteiger partial charge is 0.0683 e. The monoisotopic (exact) mass is 254 g/mol.